The van der Waals surface area contributed by atoms with E-state index in [0.717, 1.165) is 5.92 Å². The van der Waals surface area contributed by atoms with E-state index in [9.17, 15) is 0 Å². The summed E-state index contributed by atoms with van der Waals surface area (Å²) in [5.74, 6) is 0.937. The lowest BCUT2D eigenvalue weighted by molar-refractivity contribution is 0.892. The van der Waals surface area contributed by atoms with Gasteiger partial charge in [-0.2, -0.15) is 0 Å². The number of hydrogen-bond acceptors (Lipinski definition) is 0. The smallest absolute Gasteiger partial charge is 0.0231 e. The lowest BCUT2D eigenvalue weighted by atomic mass is 10.0. The molecule has 0 atom stereocenters. The highest BCUT2D eigenvalue weighted by Gasteiger charge is 2.17. The van der Waals surface area contributed by atoms with E-state index < -0.39 is 0 Å². The summed E-state index contributed by atoms with van der Waals surface area (Å²) >= 11 is 0. The summed E-state index contributed by atoms with van der Waals surface area (Å²) in [7, 11) is 0. The zero-order valence-electron chi connectivity index (χ0n) is 9.48. The van der Waals surface area contributed by atoms with Gasteiger partial charge in [0.15, 0.2) is 0 Å². The average molecular weight is 178 g/mol. The van der Waals surface area contributed by atoms with Crippen molar-refractivity contribution in [3.63, 3.8) is 0 Å². The maximum atomic E-state index is 2.47. The third-order valence-corrected chi connectivity index (χ3v) is 2.89. The van der Waals surface area contributed by atoms with E-state index in [2.05, 4.69) is 33.8 Å². The fourth-order valence-corrected chi connectivity index (χ4v) is 1.38. The Morgan fingerprint density at radius 3 is 2.15 bits per heavy atom. The molecular weight excluding hydrogens is 156 g/mol. The summed E-state index contributed by atoms with van der Waals surface area (Å²) in [4.78, 5) is 0. The van der Waals surface area contributed by atoms with Crippen LogP contribution in [-0.4, -0.2) is 0 Å². The van der Waals surface area contributed by atoms with Crippen LogP contribution in [0.3, 0.4) is 0 Å². The normalized spacial score (nSPS) is 17.4. The zero-order chi connectivity index (χ0) is 9.84. The third kappa shape index (κ3) is 4.31. The van der Waals surface area contributed by atoms with Crippen LogP contribution in [0.1, 0.15) is 53.4 Å². The Labute approximate surface area is 82.7 Å². The van der Waals surface area contributed by atoms with Crippen LogP contribution in [0.15, 0.2) is 22.8 Å². The second kappa shape index (κ2) is 4.64. The van der Waals surface area contributed by atoms with Crippen molar-refractivity contribution in [1.29, 1.82) is 0 Å². The lowest BCUT2D eigenvalue weighted by Crippen LogP contribution is -1.84. The molecule has 1 saturated carbocycles. The summed E-state index contributed by atoms with van der Waals surface area (Å²) in [6.45, 7) is 8.93. The SMILES string of the molecule is CC(C)=C(C)CC/C(C)=C/C1CC1. The molecule has 1 fully saturated rings. The molecule has 13 heavy (non-hydrogen) atoms. The Hall–Kier alpha value is -0.520. The van der Waals surface area contributed by atoms with Gasteiger partial charge < -0.3 is 0 Å². The van der Waals surface area contributed by atoms with E-state index >= 15 is 0 Å². The Morgan fingerprint density at radius 1 is 1.08 bits per heavy atom. The van der Waals surface area contributed by atoms with Gasteiger partial charge in [-0.3, -0.25) is 0 Å². The number of rotatable bonds is 4. The maximum Gasteiger partial charge on any atom is -0.0231 e. The molecule has 0 unspecified atom stereocenters. The van der Waals surface area contributed by atoms with Crippen LogP contribution in [0, 0.1) is 5.92 Å². The Morgan fingerprint density at radius 2 is 1.69 bits per heavy atom. The fraction of sp³-hybridized carbons (Fsp3) is 0.692. The van der Waals surface area contributed by atoms with Crippen LogP contribution in [-0.2, 0) is 0 Å². The molecule has 0 aromatic rings. The molecule has 0 nitrogen and oxygen atoms in total. The molecule has 0 N–H and O–H groups in total. The van der Waals surface area contributed by atoms with Crippen molar-refractivity contribution in [2.24, 2.45) is 5.92 Å². The van der Waals surface area contributed by atoms with E-state index in [1.54, 1.807) is 11.1 Å². The third-order valence-electron chi connectivity index (χ3n) is 2.89. The molecule has 74 valence electrons. The topological polar surface area (TPSA) is 0 Å². The Bertz CT molecular complexity index is 222. The molecule has 0 aliphatic heterocycles. The van der Waals surface area contributed by atoms with Gasteiger partial charge in [-0.05, 0) is 59.3 Å². The molecule has 0 amide bonds. The van der Waals surface area contributed by atoms with E-state index in [4.69, 9.17) is 0 Å². The minimum atomic E-state index is 0.937. The van der Waals surface area contributed by atoms with Gasteiger partial charge in [-0.25, -0.2) is 0 Å². The molecule has 0 bridgehead atoms. The molecule has 0 spiro atoms. The molecule has 1 rings (SSSR count). The standard InChI is InChI=1S/C13H22/c1-10(2)12(4)6-5-11(3)9-13-7-8-13/h9,13H,5-8H2,1-4H3/b11-9+. The summed E-state index contributed by atoms with van der Waals surface area (Å²) in [5.41, 5.74) is 4.63. The first-order chi connectivity index (χ1) is 6.09. The summed E-state index contributed by atoms with van der Waals surface area (Å²) in [6, 6.07) is 0. The van der Waals surface area contributed by atoms with Crippen molar-refractivity contribution in [3.8, 4) is 0 Å². The second-order valence-electron chi connectivity index (χ2n) is 4.63. The van der Waals surface area contributed by atoms with Crippen LogP contribution in [0.2, 0.25) is 0 Å². The summed E-state index contributed by atoms with van der Waals surface area (Å²) in [6.07, 6.45) is 7.83. The van der Waals surface area contributed by atoms with Gasteiger partial charge in [0.2, 0.25) is 0 Å². The minimum Gasteiger partial charge on any atom is -0.0825 e. The van der Waals surface area contributed by atoms with Gasteiger partial charge in [0.1, 0.15) is 0 Å². The molecule has 0 aromatic carbocycles. The number of hydrogen-bond donors (Lipinski definition) is 0. The second-order valence-corrected chi connectivity index (χ2v) is 4.63. The quantitative estimate of drug-likeness (QED) is 0.557. The van der Waals surface area contributed by atoms with Crippen LogP contribution < -0.4 is 0 Å². The predicted octanol–water partition coefficient (Wildman–Crippen LogP) is 4.48. The van der Waals surface area contributed by atoms with Crippen LogP contribution in [0.5, 0.6) is 0 Å². The minimum absolute atomic E-state index is 0.937. The van der Waals surface area contributed by atoms with Gasteiger partial charge in [0.25, 0.3) is 0 Å². The van der Waals surface area contributed by atoms with Crippen LogP contribution in [0.25, 0.3) is 0 Å². The molecule has 0 heterocycles. The molecule has 1 aliphatic rings. The highest BCUT2D eigenvalue weighted by molar-refractivity contribution is 5.11. The molecular formula is C13H22. The first-order valence-corrected chi connectivity index (χ1v) is 5.40. The zero-order valence-corrected chi connectivity index (χ0v) is 9.48. The average Bonchev–Trinajstić information content (AvgIpc) is 2.83. The monoisotopic (exact) mass is 178 g/mol. The largest absolute Gasteiger partial charge is 0.0825 e. The summed E-state index contributed by atoms with van der Waals surface area (Å²) in [5, 5.41) is 0. The van der Waals surface area contributed by atoms with Gasteiger partial charge >= 0.3 is 0 Å². The van der Waals surface area contributed by atoms with E-state index in [1.807, 2.05) is 0 Å². The highest BCUT2D eigenvalue weighted by Crippen LogP contribution is 2.32. The lowest BCUT2D eigenvalue weighted by Gasteiger charge is -2.04. The van der Waals surface area contributed by atoms with Crippen molar-refractivity contribution in [2.45, 2.75) is 53.4 Å². The maximum absolute atomic E-state index is 2.47. The van der Waals surface area contributed by atoms with Gasteiger partial charge in [-0.1, -0.05) is 22.8 Å². The van der Waals surface area contributed by atoms with Crippen LogP contribution in [0.4, 0.5) is 0 Å². The number of allylic oxidation sites excluding steroid dienone is 4. The van der Waals surface area contributed by atoms with Crippen LogP contribution >= 0.6 is 0 Å². The van der Waals surface area contributed by atoms with Gasteiger partial charge in [0, 0.05) is 0 Å². The van der Waals surface area contributed by atoms with Crippen molar-refractivity contribution in [2.75, 3.05) is 0 Å². The van der Waals surface area contributed by atoms with Gasteiger partial charge in [-0.15, -0.1) is 0 Å². The van der Waals surface area contributed by atoms with Gasteiger partial charge in [0.05, 0.1) is 0 Å². The van der Waals surface area contributed by atoms with E-state index in [1.165, 1.54) is 31.3 Å². The summed E-state index contributed by atoms with van der Waals surface area (Å²) < 4.78 is 0. The first-order valence-electron chi connectivity index (χ1n) is 5.40. The Balaban J connectivity index is 2.29. The van der Waals surface area contributed by atoms with Crippen molar-refractivity contribution >= 4 is 0 Å². The Kier molecular flexibility index (Phi) is 3.77. The highest BCUT2D eigenvalue weighted by atomic mass is 14.2. The molecule has 1 aliphatic carbocycles. The predicted molar refractivity (Wildman–Crippen MR) is 59.8 cm³/mol. The molecule has 0 heteroatoms. The fourth-order valence-electron chi connectivity index (χ4n) is 1.38. The molecule has 0 aromatic heterocycles. The van der Waals surface area contributed by atoms with Crippen molar-refractivity contribution < 1.29 is 0 Å². The van der Waals surface area contributed by atoms with E-state index in [0.29, 0.717) is 0 Å². The molecule has 0 saturated heterocycles. The molecule has 0 radical (unpaired) electrons. The van der Waals surface area contributed by atoms with Crippen molar-refractivity contribution in [1.82, 2.24) is 0 Å². The first kappa shape index (κ1) is 10.6. The van der Waals surface area contributed by atoms with E-state index in [-0.39, 0.29) is 0 Å². The van der Waals surface area contributed by atoms with Crippen molar-refractivity contribution in [3.05, 3.63) is 22.8 Å².